The lowest BCUT2D eigenvalue weighted by atomic mass is 10.0. The molecular weight excluding hydrogens is 248 g/mol. The van der Waals surface area contributed by atoms with Crippen molar-refractivity contribution in [2.75, 3.05) is 39.8 Å². The second-order valence-electron chi connectivity index (χ2n) is 5.10. The number of carbonyl (C=O) groups is 2. The predicted molar refractivity (Wildman–Crippen MR) is 71.0 cm³/mol. The van der Waals surface area contributed by atoms with Crippen LogP contribution in [0.2, 0.25) is 0 Å². The quantitative estimate of drug-likeness (QED) is 0.785. The summed E-state index contributed by atoms with van der Waals surface area (Å²) in [6.45, 7) is 6.30. The molecule has 0 aromatic carbocycles. The van der Waals surface area contributed by atoms with Gasteiger partial charge in [-0.25, -0.2) is 0 Å². The molecule has 0 saturated carbocycles. The van der Waals surface area contributed by atoms with Crippen LogP contribution >= 0.6 is 0 Å². The molecule has 1 unspecified atom stereocenters. The third-order valence-corrected chi connectivity index (χ3v) is 3.81. The number of rotatable bonds is 5. The van der Waals surface area contributed by atoms with Gasteiger partial charge >= 0.3 is 5.97 Å². The third-order valence-electron chi connectivity index (χ3n) is 3.81. The van der Waals surface area contributed by atoms with Crippen LogP contribution in [0.5, 0.6) is 0 Å². The predicted octanol–water partition coefficient (Wildman–Crippen LogP) is 0.420. The highest BCUT2D eigenvalue weighted by atomic mass is 16.5. The first kappa shape index (κ1) is 15.9. The molecule has 110 valence electrons. The van der Waals surface area contributed by atoms with Crippen molar-refractivity contribution in [1.29, 1.82) is 0 Å². The summed E-state index contributed by atoms with van der Waals surface area (Å²) in [6, 6.07) is 0. The Morgan fingerprint density at radius 1 is 1.26 bits per heavy atom. The van der Waals surface area contributed by atoms with E-state index >= 15 is 0 Å². The van der Waals surface area contributed by atoms with E-state index in [1.54, 1.807) is 18.9 Å². The van der Waals surface area contributed by atoms with Crippen LogP contribution in [-0.4, -0.2) is 72.2 Å². The SMILES string of the molecule is CCC(C)(OC)C(=O)N1CCCN(CC(=O)O)CC1. The van der Waals surface area contributed by atoms with E-state index in [4.69, 9.17) is 9.84 Å². The van der Waals surface area contributed by atoms with Gasteiger partial charge in [0.05, 0.1) is 6.54 Å². The van der Waals surface area contributed by atoms with Crippen LogP contribution in [0.25, 0.3) is 0 Å². The summed E-state index contributed by atoms with van der Waals surface area (Å²) in [5.41, 5.74) is -0.776. The first-order valence-corrected chi connectivity index (χ1v) is 6.71. The van der Waals surface area contributed by atoms with Crippen molar-refractivity contribution in [1.82, 2.24) is 9.80 Å². The summed E-state index contributed by atoms with van der Waals surface area (Å²) in [5, 5.41) is 8.80. The number of hydrogen-bond acceptors (Lipinski definition) is 4. The van der Waals surface area contributed by atoms with Crippen LogP contribution in [0.4, 0.5) is 0 Å². The Morgan fingerprint density at radius 3 is 2.47 bits per heavy atom. The number of methoxy groups -OCH3 is 1. The first-order valence-electron chi connectivity index (χ1n) is 6.71. The summed E-state index contributed by atoms with van der Waals surface area (Å²) in [6.07, 6.45) is 1.42. The number of nitrogens with zero attached hydrogens (tertiary/aromatic N) is 2. The highest BCUT2D eigenvalue weighted by Gasteiger charge is 2.35. The Labute approximate surface area is 114 Å². The molecule has 1 N–H and O–H groups in total. The number of carbonyl (C=O) groups excluding carboxylic acids is 1. The maximum atomic E-state index is 12.4. The maximum Gasteiger partial charge on any atom is 0.317 e. The largest absolute Gasteiger partial charge is 0.480 e. The van der Waals surface area contributed by atoms with Crippen LogP contribution in [-0.2, 0) is 14.3 Å². The highest BCUT2D eigenvalue weighted by Crippen LogP contribution is 2.19. The molecule has 1 atom stereocenters. The van der Waals surface area contributed by atoms with Crippen molar-refractivity contribution < 1.29 is 19.4 Å². The monoisotopic (exact) mass is 272 g/mol. The summed E-state index contributed by atoms with van der Waals surface area (Å²) in [5.74, 6) is -0.829. The highest BCUT2D eigenvalue weighted by molar-refractivity contribution is 5.84. The molecule has 6 nitrogen and oxygen atoms in total. The van der Waals surface area contributed by atoms with Crippen LogP contribution < -0.4 is 0 Å². The second-order valence-corrected chi connectivity index (χ2v) is 5.10. The molecule has 0 spiro atoms. The van der Waals surface area contributed by atoms with Crippen molar-refractivity contribution in [3.63, 3.8) is 0 Å². The first-order chi connectivity index (χ1) is 8.92. The van der Waals surface area contributed by atoms with Crippen LogP contribution in [0.15, 0.2) is 0 Å². The molecule has 1 amide bonds. The lowest BCUT2D eigenvalue weighted by molar-refractivity contribution is -0.153. The number of ether oxygens (including phenoxy) is 1. The van der Waals surface area contributed by atoms with E-state index in [1.807, 2.05) is 11.8 Å². The molecule has 0 bridgehead atoms. The number of carboxylic acid groups (broad SMARTS) is 1. The smallest absolute Gasteiger partial charge is 0.317 e. The van der Waals surface area contributed by atoms with Gasteiger partial charge in [-0.1, -0.05) is 6.92 Å². The molecule has 1 rings (SSSR count). The molecule has 1 aliphatic rings. The van der Waals surface area contributed by atoms with Gasteiger partial charge in [0.15, 0.2) is 0 Å². The average Bonchev–Trinajstić information content (AvgIpc) is 2.62. The molecule has 6 heteroatoms. The second kappa shape index (κ2) is 6.86. The lowest BCUT2D eigenvalue weighted by Crippen LogP contribution is -2.49. The van der Waals surface area contributed by atoms with Crippen molar-refractivity contribution in [3.05, 3.63) is 0 Å². The Morgan fingerprint density at radius 2 is 1.95 bits per heavy atom. The van der Waals surface area contributed by atoms with Gasteiger partial charge in [0.2, 0.25) is 0 Å². The normalized spacial score (nSPS) is 20.7. The summed E-state index contributed by atoms with van der Waals surface area (Å²) in [4.78, 5) is 26.8. The van der Waals surface area contributed by atoms with Gasteiger partial charge in [-0.05, 0) is 19.8 Å². The Bertz CT molecular complexity index is 329. The molecule has 0 aromatic rings. The van der Waals surface area contributed by atoms with Crippen molar-refractivity contribution in [3.8, 4) is 0 Å². The van der Waals surface area contributed by atoms with Crippen LogP contribution in [0.1, 0.15) is 26.7 Å². The van der Waals surface area contributed by atoms with E-state index in [2.05, 4.69) is 0 Å². The molecule has 19 heavy (non-hydrogen) atoms. The minimum absolute atomic E-state index is 0.00493. The van der Waals surface area contributed by atoms with Crippen molar-refractivity contribution >= 4 is 11.9 Å². The molecule has 0 aromatic heterocycles. The fraction of sp³-hybridized carbons (Fsp3) is 0.846. The maximum absolute atomic E-state index is 12.4. The number of hydrogen-bond donors (Lipinski definition) is 1. The fourth-order valence-electron chi connectivity index (χ4n) is 2.24. The lowest BCUT2D eigenvalue weighted by Gasteiger charge is -2.32. The number of amides is 1. The van der Waals surface area contributed by atoms with Crippen molar-refractivity contribution in [2.45, 2.75) is 32.3 Å². The van der Waals surface area contributed by atoms with Gasteiger partial charge in [0, 0.05) is 33.3 Å². The Kier molecular flexibility index (Phi) is 5.75. The van der Waals surface area contributed by atoms with Gasteiger partial charge in [0.25, 0.3) is 5.91 Å². The minimum Gasteiger partial charge on any atom is -0.480 e. The standard InChI is InChI=1S/C13H24N2O4/c1-4-13(2,19-3)12(18)15-7-5-6-14(8-9-15)10-11(16)17/h4-10H2,1-3H3,(H,16,17). The van der Waals surface area contributed by atoms with Crippen LogP contribution in [0.3, 0.4) is 0 Å². The van der Waals surface area contributed by atoms with Gasteiger partial charge in [0.1, 0.15) is 5.60 Å². The number of carboxylic acids is 1. The number of aliphatic carboxylic acids is 1. The zero-order chi connectivity index (χ0) is 14.5. The van der Waals surface area contributed by atoms with E-state index in [1.165, 1.54) is 0 Å². The van der Waals surface area contributed by atoms with E-state index in [0.717, 1.165) is 6.42 Å². The molecule has 0 radical (unpaired) electrons. The van der Waals surface area contributed by atoms with Crippen LogP contribution in [0, 0.1) is 0 Å². The van der Waals surface area contributed by atoms with E-state index < -0.39 is 11.6 Å². The van der Waals surface area contributed by atoms with Gasteiger partial charge in [-0.2, -0.15) is 0 Å². The molecule has 0 aliphatic carbocycles. The minimum atomic E-state index is -0.824. The zero-order valence-corrected chi connectivity index (χ0v) is 12.0. The molecule has 1 aliphatic heterocycles. The zero-order valence-electron chi connectivity index (χ0n) is 12.0. The summed E-state index contributed by atoms with van der Waals surface area (Å²) < 4.78 is 5.34. The van der Waals surface area contributed by atoms with Gasteiger partial charge in [-0.3, -0.25) is 14.5 Å². The average molecular weight is 272 g/mol. The van der Waals surface area contributed by atoms with Gasteiger partial charge < -0.3 is 14.7 Å². The molecule has 1 heterocycles. The molecule has 1 fully saturated rings. The Hall–Kier alpha value is -1.14. The molecule has 1 saturated heterocycles. The Balaban J connectivity index is 2.62. The third kappa shape index (κ3) is 4.18. The van der Waals surface area contributed by atoms with Gasteiger partial charge in [-0.15, -0.1) is 0 Å². The summed E-state index contributed by atoms with van der Waals surface area (Å²) >= 11 is 0. The fourth-order valence-corrected chi connectivity index (χ4v) is 2.24. The molecular formula is C13H24N2O4. The summed E-state index contributed by atoms with van der Waals surface area (Å²) in [7, 11) is 1.55. The van der Waals surface area contributed by atoms with E-state index in [9.17, 15) is 9.59 Å². The van der Waals surface area contributed by atoms with E-state index in [0.29, 0.717) is 32.6 Å². The van der Waals surface area contributed by atoms with Crippen molar-refractivity contribution in [2.24, 2.45) is 0 Å². The topological polar surface area (TPSA) is 70.1 Å². The van der Waals surface area contributed by atoms with E-state index in [-0.39, 0.29) is 12.5 Å².